The van der Waals surface area contributed by atoms with Crippen molar-refractivity contribution in [3.63, 3.8) is 0 Å². The molecule has 0 saturated carbocycles. The van der Waals surface area contributed by atoms with Crippen molar-refractivity contribution in [2.75, 3.05) is 0 Å². The first-order valence-electron chi connectivity index (χ1n) is 5.31. The summed E-state index contributed by atoms with van der Waals surface area (Å²) in [5, 5.41) is 0. The van der Waals surface area contributed by atoms with E-state index in [1.807, 2.05) is 20.1 Å². The zero-order chi connectivity index (χ0) is 10.3. The van der Waals surface area contributed by atoms with Crippen molar-refractivity contribution in [1.29, 1.82) is 0 Å². The maximum Gasteiger partial charge on any atom is 0.106 e. The molecule has 1 heteroatoms. The highest BCUT2D eigenvalue weighted by molar-refractivity contribution is 5.14. The summed E-state index contributed by atoms with van der Waals surface area (Å²) >= 11 is 0. The van der Waals surface area contributed by atoms with Crippen molar-refractivity contribution < 1.29 is 4.42 Å². The summed E-state index contributed by atoms with van der Waals surface area (Å²) in [4.78, 5) is 0. The van der Waals surface area contributed by atoms with Crippen molar-refractivity contribution >= 4 is 0 Å². The smallest absolute Gasteiger partial charge is 0.106 e. The number of furan rings is 1. The van der Waals surface area contributed by atoms with Gasteiger partial charge in [-0.25, -0.2) is 0 Å². The molecule has 1 nitrogen and oxygen atoms in total. The van der Waals surface area contributed by atoms with E-state index < -0.39 is 0 Å². The zero-order valence-electron chi connectivity index (χ0n) is 9.55. The van der Waals surface area contributed by atoms with Crippen molar-refractivity contribution in [1.82, 2.24) is 0 Å². The van der Waals surface area contributed by atoms with Gasteiger partial charge in [0.1, 0.15) is 5.76 Å². The number of rotatable bonds is 3. The van der Waals surface area contributed by atoms with Gasteiger partial charge in [-0.15, -0.1) is 0 Å². The molecule has 0 bridgehead atoms. The number of aryl methyl sites for hydroxylation is 1. The molecule has 0 atom stereocenters. The molecule has 0 amide bonds. The van der Waals surface area contributed by atoms with Crippen molar-refractivity contribution in [3.05, 3.63) is 23.7 Å². The van der Waals surface area contributed by atoms with Crippen LogP contribution in [0.15, 0.2) is 16.7 Å². The number of hydrogen-bond acceptors (Lipinski definition) is 1. The molecular formula is C12H22O. The second kappa shape index (κ2) is 6.76. The van der Waals surface area contributed by atoms with Crippen LogP contribution in [-0.2, 0) is 6.42 Å². The second-order valence-corrected chi connectivity index (χ2v) is 3.26. The Bertz CT molecular complexity index is 211. The molecule has 0 aromatic carbocycles. The molecule has 0 radical (unpaired) electrons. The first kappa shape index (κ1) is 12.3. The van der Waals surface area contributed by atoms with Gasteiger partial charge in [0.15, 0.2) is 0 Å². The van der Waals surface area contributed by atoms with E-state index in [4.69, 9.17) is 4.42 Å². The minimum atomic E-state index is 0.514. The third kappa shape index (κ3) is 4.16. The molecule has 13 heavy (non-hydrogen) atoms. The summed E-state index contributed by atoms with van der Waals surface area (Å²) in [6.45, 7) is 10.5. The molecule has 0 aliphatic rings. The Morgan fingerprint density at radius 1 is 1.31 bits per heavy atom. The van der Waals surface area contributed by atoms with Gasteiger partial charge in [0, 0.05) is 5.92 Å². The molecule has 76 valence electrons. The van der Waals surface area contributed by atoms with E-state index in [9.17, 15) is 0 Å². The highest BCUT2D eigenvalue weighted by Crippen LogP contribution is 2.18. The summed E-state index contributed by atoms with van der Waals surface area (Å²) in [7, 11) is 0. The van der Waals surface area contributed by atoms with Gasteiger partial charge in [-0.1, -0.05) is 41.0 Å². The molecule has 0 saturated heterocycles. The second-order valence-electron chi connectivity index (χ2n) is 3.26. The van der Waals surface area contributed by atoms with Crippen LogP contribution >= 0.6 is 0 Å². The Kier molecular flexibility index (Phi) is 6.38. The largest absolute Gasteiger partial charge is 0.469 e. The summed E-state index contributed by atoms with van der Waals surface area (Å²) in [6.07, 6.45) is 4.20. The van der Waals surface area contributed by atoms with Crippen LogP contribution in [0.1, 0.15) is 58.3 Å². The van der Waals surface area contributed by atoms with Crippen LogP contribution in [-0.4, -0.2) is 0 Å². The minimum Gasteiger partial charge on any atom is -0.469 e. The average Bonchev–Trinajstić information content (AvgIpc) is 2.57. The molecule has 0 N–H and O–H groups in total. The normalized spacial score (nSPS) is 9.69. The molecule has 0 aliphatic heterocycles. The van der Waals surface area contributed by atoms with Gasteiger partial charge in [-0.2, -0.15) is 0 Å². The molecule has 0 fully saturated rings. The van der Waals surface area contributed by atoms with Crippen LogP contribution < -0.4 is 0 Å². The van der Waals surface area contributed by atoms with Gasteiger partial charge >= 0.3 is 0 Å². The lowest BCUT2D eigenvalue weighted by Crippen LogP contribution is -1.81. The van der Waals surface area contributed by atoms with Crippen LogP contribution in [0.4, 0.5) is 0 Å². The molecule has 1 heterocycles. The van der Waals surface area contributed by atoms with E-state index in [-0.39, 0.29) is 0 Å². The lowest BCUT2D eigenvalue weighted by Gasteiger charge is -1.95. The predicted octanol–water partition coefficient (Wildman–Crippen LogP) is 4.38. The van der Waals surface area contributed by atoms with Gasteiger partial charge in [0.25, 0.3) is 0 Å². The highest BCUT2D eigenvalue weighted by Gasteiger charge is 2.03. The fourth-order valence-electron chi connectivity index (χ4n) is 1.12. The molecular weight excluding hydrogens is 160 g/mol. The van der Waals surface area contributed by atoms with Crippen molar-refractivity contribution in [3.8, 4) is 0 Å². The first-order valence-corrected chi connectivity index (χ1v) is 5.31. The van der Waals surface area contributed by atoms with Gasteiger partial charge in [0.05, 0.1) is 6.26 Å². The standard InChI is InChI=1S/C10H16O.C2H6/c1-4-5-9-6-10(8(2)3)11-7-9;1-2/h6-8H,4-5H2,1-3H3;1-2H3. The Balaban J connectivity index is 0.000000671. The molecule has 1 aromatic heterocycles. The topological polar surface area (TPSA) is 13.1 Å². The Morgan fingerprint density at radius 2 is 1.92 bits per heavy atom. The quantitative estimate of drug-likeness (QED) is 0.676. The van der Waals surface area contributed by atoms with Crippen LogP contribution in [0.2, 0.25) is 0 Å². The van der Waals surface area contributed by atoms with Gasteiger partial charge in [0.2, 0.25) is 0 Å². The highest BCUT2D eigenvalue weighted by atomic mass is 16.3. The predicted molar refractivity (Wildman–Crippen MR) is 58.1 cm³/mol. The first-order chi connectivity index (χ1) is 6.24. The van der Waals surface area contributed by atoms with E-state index in [0.29, 0.717) is 5.92 Å². The van der Waals surface area contributed by atoms with E-state index in [1.165, 1.54) is 12.0 Å². The lowest BCUT2D eigenvalue weighted by molar-refractivity contribution is 0.485. The minimum absolute atomic E-state index is 0.514. The molecule has 0 unspecified atom stereocenters. The molecule has 1 rings (SSSR count). The Hall–Kier alpha value is -0.720. The van der Waals surface area contributed by atoms with Crippen molar-refractivity contribution in [2.45, 2.75) is 53.4 Å². The van der Waals surface area contributed by atoms with Gasteiger partial charge in [-0.05, 0) is 18.1 Å². The average molecular weight is 182 g/mol. The van der Waals surface area contributed by atoms with Gasteiger partial charge < -0.3 is 4.42 Å². The molecule has 0 spiro atoms. The van der Waals surface area contributed by atoms with Crippen LogP contribution in [0.25, 0.3) is 0 Å². The summed E-state index contributed by atoms with van der Waals surface area (Å²) < 4.78 is 5.38. The zero-order valence-corrected chi connectivity index (χ0v) is 9.55. The maximum absolute atomic E-state index is 5.38. The van der Waals surface area contributed by atoms with Crippen LogP contribution in [0.3, 0.4) is 0 Å². The summed E-state index contributed by atoms with van der Waals surface area (Å²) in [5.74, 6) is 1.62. The molecule has 0 aliphatic carbocycles. The lowest BCUT2D eigenvalue weighted by atomic mass is 10.1. The monoisotopic (exact) mass is 182 g/mol. The summed E-state index contributed by atoms with van der Waals surface area (Å²) in [6, 6.07) is 2.16. The molecule has 1 aromatic rings. The maximum atomic E-state index is 5.38. The van der Waals surface area contributed by atoms with Gasteiger partial charge in [-0.3, -0.25) is 0 Å². The summed E-state index contributed by atoms with van der Waals surface area (Å²) in [5.41, 5.74) is 1.33. The SMILES string of the molecule is CC.CCCc1coc(C(C)C)c1. The van der Waals surface area contributed by atoms with E-state index in [1.54, 1.807) is 0 Å². The van der Waals surface area contributed by atoms with Crippen LogP contribution in [0, 0.1) is 0 Å². The Labute approximate surface area is 82.2 Å². The van der Waals surface area contributed by atoms with E-state index in [2.05, 4.69) is 26.8 Å². The van der Waals surface area contributed by atoms with E-state index in [0.717, 1.165) is 12.2 Å². The fourth-order valence-corrected chi connectivity index (χ4v) is 1.12. The fraction of sp³-hybridized carbons (Fsp3) is 0.667. The Morgan fingerprint density at radius 3 is 2.31 bits per heavy atom. The number of hydrogen-bond donors (Lipinski definition) is 0. The van der Waals surface area contributed by atoms with Crippen molar-refractivity contribution in [2.24, 2.45) is 0 Å². The third-order valence-corrected chi connectivity index (χ3v) is 1.78. The van der Waals surface area contributed by atoms with Crippen LogP contribution in [0.5, 0.6) is 0 Å². The van der Waals surface area contributed by atoms with E-state index >= 15 is 0 Å². The third-order valence-electron chi connectivity index (χ3n) is 1.78.